The molecular weight excluding hydrogens is 514 g/mol. The maximum Gasteiger partial charge on any atom is 0.341 e. The van der Waals surface area contributed by atoms with Crippen molar-refractivity contribution in [3.05, 3.63) is 63.0 Å². The SMILES string of the molecule is CCOC(=O)c1c(NC(=O)CCSc2nc(-c3ccc(Cl)cc3)ccc2C#N)sc2c1CCC(C)C2. The first-order chi connectivity index (χ1) is 17.4. The molecule has 1 N–H and O–H groups in total. The Labute approximate surface area is 224 Å². The van der Waals surface area contributed by atoms with E-state index in [9.17, 15) is 14.9 Å². The van der Waals surface area contributed by atoms with Crippen molar-refractivity contribution in [1.29, 1.82) is 5.26 Å². The molecule has 1 aromatic carbocycles. The van der Waals surface area contributed by atoms with Gasteiger partial charge in [0.2, 0.25) is 5.91 Å². The highest BCUT2D eigenvalue weighted by molar-refractivity contribution is 7.99. The number of amides is 1. The van der Waals surface area contributed by atoms with E-state index in [2.05, 4.69) is 23.3 Å². The number of nitrogens with zero attached hydrogens (tertiary/aromatic N) is 2. The second-order valence-corrected chi connectivity index (χ2v) is 11.2. The molecule has 2 heterocycles. The second-order valence-electron chi connectivity index (χ2n) is 8.59. The van der Waals surface area contributed by atoms with Gasteiger partial charge in [-0.15, -0.1) is 23.1 Å². The molecular formula is C27H26ClN3O3S2. The van der Waals surface area contributed by atoms with Crippen LogP contribution in [-0.4, -0.2) is 29.2 Å². The van der Waals surface area contributed by atoms with Gasteiger partial charge in [0, 0.05) is 27.6 Å². The summed E-state index contributed by atoms with van der Waals surface area (Å²) in [5.41, 5.74) is 3.61. The largest absolute Gasteiger partial charge is 0.462 e. The first kappa shape index (κ1) is 26.2. The van der Waals surface area contributed by atoms with Crippen LogP contribution in [0.1, 0.15) is 53.1 Å². The summed E-state index contributed by atoms with van der Waals surface area (Å²) < 4.78 is 5.29. The number of benzene rings is 1. The zero-order chi connectivity index (χ0) is 25.7. The first-order valence-corrected chi connectivity index (χ1v) is 14.0. The standard InChI is InChI=1S/C27H26ClN3O3S2/c1-3-34-27(33)24-20-10-4-16(2)14-22(20)36-26(24)31-23(32)12-13-35-25-18(15-29)7-11-21(30-25)17-5-8-19(28)9-6-17/h5-9,11,16H,3-4,10,12-14H2,1-2H3,(H,31,32). The number of aromatic nitrogens is 1. The van der Waals surface area contributed by atoms with Gasteiger partial charge in [-0.05, 0) is 61.9 Å². The number of carbonyl (C=O) groups is 2. The predicted molar refractivity (Wildman–Crippen MR) is 145 cm³/mol. The third kappa shape index (κ3) is 6.09. The van der Waals surface area contributed by atoms with Gasteiger partial charge >= 0.3 is 5.97 Å². The van der Waals surface area contributed by atoms with Gasteiger partial charge in [-0.1, -0.05) is 30.7 Å². The van der Waals surface area contributed by atoms with Crippen LogP contribution in [0.2, 0.25) is 5.02 Å². The van der Waals surface area contributed by atoms with E-state index in [1.807, 2.05) is 12.1 Å². The molecule has 1 aliphatic rings. The monoisotopic (exact) mass is 539 g/mol. The van der Waals surface area contributed by atoms with Crippen LogP contribution in [0.3, 0.4) is 0 Å². The lowest BCUT2D eigenvalue weighted by Gasteiger charge is -2.18. The molecule has 0 saturated carbocycles. The zero-order valence-corrected chi connectivity index (χ0v) is 22.5. The van der Waals surface area contributed by atoms with E-state index >= 15 is 0 Å². The number of carbonyl (C=O) groups excluding carboxylic acids is 2. The van der Waals surface area contributed by atoms with Gasteiger partial charge in [-0.25, -0.2) is 9.78 Å². The number of fused-ring (bicyclic) bond motifs is 1. The molecule has 1 amide bonds. The van der Waals surface area contributed by atoms with Crippen molar-refractivity contribution in [1.82, 2.24) is 4.98 Å². The van der Waals surface area contributed by atoms with Crippen molar-refractivity contribution in [2.45, 2.75) is 44.6 Å². The zero-order valence-electron chi connectivity index (χ0n) is 20.1. The fraction of sp³-hybridized carbons (Fsp3) is 0.333. The summed E-state index contributed by atoms with van der Waals surface area (Å²) in [6.45, 7) is 4.26. The summed E-state index contributed by atoms with van der Waals surface area (Å²) in [7, 11) is 0. The summed E-state index contributed by atoms with van der Waals surface area (Å²) in [5.74, 6) is 0.425. The van der Waals surface area contributed by atoms with Crippen LogP contribution in [-0.2, 0) is 22.4 Å². The van der Waals surface area contributed by atoms with Gasteiger partial charge < -0.3 is 10.1 Å². The number of pyridine rings is 1. The third-order valence-corrected chi connectivity index (χ3v) is 8.35. The normalized spacial score (nSPS) is 14.6. The van der Waals surface area contributed by atoms with Crippen LogP contribution in [0.15, 0.2) is 41.4 Å². The molecule has 0 spiro atoms. The number of thioether (sulfide) groups is 1. The first-order valence-electron chi connectivity index (χ1n) is 11.8. The van der Waals surface area contributed by atoms with Crippen molar-refractivity contribution in [3.63, 3.8) is 0 Å². The van der Waals surface area contributed by atoms with Crippen molar-refractivity contribution >= 4 is 51.6 Å². The molecule has 9 heteroatoms. The minimum atomic E-state index is -0.379. The quantitative estimate of drug-likeness (QED) is 0.251. The van der Waals surface area contributed by atoms with E-state index in [1.165, 1.54) is 23.1 Å². The number of hydrogen-bond acceptors (Lipinski definition) is 7. The van der Waals surface area contributed by atoms with Crippen LogP contribution in [0.4, 0.5) is 5.00 Å². The Bertz CT molecular complexity index is 1320. The van der Waals surface area contributed by atoms with Gasteiger partial charge in [0.05, 0.1) is 23.4 Å². The smallest absolute Gasteiger partial charge is 0.341 e. The topological polar surface area (TPSA) is 92.1 Å². The Balaban J connectivity index is 1.44. The lowest BCUT2D eigenvalue weighted by atomic mass is 9.88. The molecule has 4 rings (SSSR count). The maximum absolute atomic E-state index is 12.8. The molecule has 1 atom stereocenters. The van der Waals surface area contributed by atoms with Crippen LogP contribution in [0.25, 0.3) is 11.3 Å². The molecule has 36 heavy (non-hydrogen) atoms. The molecule has 0 saturated heterocycles. The highest BCUT2D eigenvalue weighted by Crippen LogP contribution is 2.40. The van der Waals surface area contributed by atoms with Crippen molar-refractivity contribution in [3.8, 4) is 17.3 Å². The highest BCUT2D eigenvalue weighted by atomic mass is 35.5. The van der Waals surface area contributed by atoms with E-state index < -0.39 is 0 Å². The van der Waals surface area contributed by atoms with E-state index in [0.717, 1.165) is 41.0 Å². The van der Waals surface area contributed by atoms with Crippen LogP contribution < -0.4 is 5.32 Å². The summed E-state index contributed by atoms with van der Waals surface area (Å²) in [6.07, 6.45) is 2.96. The van der Waals surface area contributed by atoms with Gasteiger partial charge in [-0.3, -0.25) is 4.79 Å². The number of ether oxygens (including phenoxy) is 1. The fourth-order valence-electron chi connectivity index (χ4n) is 4.10. The molecule has 0 aliphatic heterocycles. The van der Waals surface area contributed by atoms with E-state index in [4.69, 9.17) is 16.3 Å². The second kappa shape index (κ2) is 11.9. The summed E-state index contributed by atoms with van der Waals surface area (Å²) in [5, 5.41) is 14.2. The minimum absolute atomic E-state index is 0.188. The minimum Gasteiger partial charge on any atom is -0.462 e. The Morgan fingerprint density at radius 1 is 1.28 bits per heavy atom. The van der Waals surface area contributed by atoms with Crippen molar-refractivity contribution in [2.75, 3.05) is 17.7 Å². The highest BCUT2D eigenvalue weighted by Gasteiger charge is 2.29. The number of halogens is 1. The van der Waals surface area contributed by atoms with E-state index in [0.29, 0.717) is 37.8 Å². The number of rotatable bonds is 8. The van der Waals surface area contributed by atoms with Gasteiger partial charge in [0.15, 0.2) is 0 Å². The van der Waals surface area contributed by atoms with Gasteiger partial charge in [-0.2, -0.15) is 5.26 Å². The van der Waals surface area contributed by atoms with Crippen LogP contribution in [0.5, 0.6) is 0 Å². The van der Waals surface area contributed by atoms with Crippen molar-refractivity contribution in [2.24, 2.45) is 5.92 Å². The Morgan fingerprint density at radius 2 is 2.06 bits per heavy atom. The molecule has 6 nitrogen and oxygen atoms in total. The van der Waals surface area contributed by atoms with Gasteiger partial charge in [0.25, 0.3) is 0 Å². The van der Waals surface area contributed by atoms with Crippen molar-refractivity contribution < 1.29 is 14.3 Å². The fourth-order valence-corrected chi connectivity index (χ4v) is 6.56. The summed E-state index contributed by atoms with van der Waals surface area (Å²) in [6, 6.07) is 13.0. The number of nitrogens with one attached hydrogen (secondary N) is 1. The van der Waals surface area contributed by atoms with E-state index in [1.54, 1.807) is 31.2 Å². The Morgan fingerprint density at radius 3 is 2.78 bits per heavy atom. The van der Waals surface area contributed by atoms with Gasteiger partial charge in [0.1, 0.15) is 16.1 Å². The number of anilines is 1. The molecule has 0 radical (unpaired) electrons. The lowest BCUT2D eigenvalue weighted by Crippen LogP contribution is -2.17. The number of hydrogen-bond donors (Lipinski definition) is 1. The summed E-state index contributed by atoms with van der Waals surface area (Å²) in [4.78, 5) is 31.3. The molecule has 2 aromatic heterocycles. The third-order valence-electron chi connectivity index (χ3n) is 5.93. The molecule has 1 aliphatic carbocycles. The lowest BCUT2D eigenvalue weighted by molar-refractivity contribution is -0.115. The molecule has 1 unspecified atom stereocenters. The molecule has 186 valence electrons. The average molecular weight is 540 g/mol. The maximum atomic E-state index is 12.8. The number of esters is 1. The summed E-state index contributed by atoms with van der Waals surface area (Å²) >= 11 is 8.82. The molecule has 0 fully saturated rings. The van der Waals surface area contributed by atoms with E-state index in [-0.39, 0.29) is 24.9 Å². The van der Waals surface area contributed by atoms with Crippen LogP contribution in [0, 0.1) is 17.2 Å². The Hall–Kier alpha value is -2.86. The molecule has 3 aromatic rings. The number of nitriles is 1. The number of thiophene rings is 1. The average Bonchev–Trinajstić information content (AvgIpc) is 3.21. The Kier molecular flexibility index (Phi) is 8.68. The molecule has 0 bridgehead atoms. The van der Waals surface area contributed by atoms with Crippen LogP contribution >= 0.6 is 34.7 Å². The predicted octanol–water partition coefficient (Wildman–Crippen LogP) is 6.76.